The summed E-state index contributed by atoms with van der Waals surface area (Å²) in [6, 6.07) is 6.06. The van der Waals surface area contributed by atoms with Crippen LogP contribution < -0.4 is 0 Å². The van der Waals surface area contributed by atoms with Crippen molar-refractivity contribution >= 4 is 28.8 Å². The Morgan fingerprint density at radius 2 is 2.00 bits per heavy atom. The van der Waals surface area contributed by atoms with Gasteiger partial charge < -0.3 is 0 Å². The number of hydrogen-bond donors (Lipinski definition) is 0. The van der Waals surface area contributed by atoms with Crippen LogP contribution in [0.1, 0.15) is 0 Å². The van der Waals surface area contributed by atoms with Crippen LogP contribution >= 0.6 is 23.2 Å². The van der Waals surface area contributed by atoms with Crippen molar-refractivity contribution in [3.63, 3.8) is 0 Å². The van der Waals surface area contributed by atoms with Gasteiger partial charge in [0.2, 0.25) is 0 Å². The van der Waals surface area contributed by atoms with Crippen molar-refractivity contribution in [2.45, 2.75) is 0 Å². The number of fused-ring (bicyclic) bond motifs is 1. The van der Waals surface area contributed by atoms with E-state index in [0.29, 0.717) is 22.2 Å². The molecule has 7 heteroatoms. The van der Waals surface area contributed by atoms with E-state index in [0.717, 1.165) is 0 Å². The summed E-state index contributed by atoms with van der Waals surface area (Å²) in [5, 5.41) is 8.22. The van der Waals surface area contributed by atoms with Crippen molar-refractivity contribution in [3.8, 4) is 11.4 Å². The summed E-state index contributed by atoms with van der Waals surface area (Å²) in [5.41, 5.74) is 0.971. The summed E-state index contributed by atoms with van der Waals surface area (Å²) in [4.78, 5) is 3.93. The van der Waals surface area contributed by atoms with E-state index in [2.05, 4.69) is 15.2 Å². The molecule has 4 nitrogen and oxygen atoms in total. The topological polar surface area (TPSA) is 43.1 Å². The van der Waals surface area contributed by atoms with Gasteiger partial charge in [0.25, 0.3) is 0 Å². The fraction of sp³-hybridized carbons (Fsp3) is 0. The van der Waals surface area contributed by atoms with Crippen LogP contribution in [0.15, 0.2) is 30.6 Å². The predicted octanol–water partition coefficient (Wildman–Crippen LogP) is 3.24. The molecule has 3 aromatic rings. The Hall–Kier alpha value is -1.72. The molecule has 0 aliphatic heterocycles. The third-order valence-electron chi connectivity index (χ3n) is 2.46. The minimum atomic E-state index is -0.507. The molecule has 2 aromatic heterocycles. The van der Waals surface area contributed by atoms with Crippen molar-refractivity contribution < 1.29 is 4.39 Å². The zero-order valence-corrected chi connectivity index (χ0v) is 10.3. The van der Waals surface area contributed by atoms with Gasteiger partial charge in [-0.15, -0.1) is 10.2 Å². The lowest BCUT2D eigenvalue weighted by molar-refractivity contribution is 0.628. The Morgan fingerprint density at radius 3 is 2.83 bits per heavy atom. The van der Waals surface area contributed by atoms with E-state index in [9.17, 15) is 4.39 Å². The molecule has 0 fully saturated rings. The normalized spacial score (nSPS) is 11.1. The number of halogens is 3. The molecule has 3 rings (SSSR count). The van der Waals surface area contributed by atoms with E-state index in [4.69, 9.17) is 23.2 Å². The maximum Gasteiger partial charge on any atom is 0.171 e. The first-order valence-electron chi connectivity index (χ1n) is 4.97. The molecular formula is C11H5Cl2FN4. The highest BCUT2D eigenvalue weighted by molar-refractivity contribution is 6.33. The molecule has 0 saturated carbocycles. The van der Waals surface area contributed by atoms with Gasteiger partial charge in [0.1, 0.15) is 17.3 Å². The highest BCUT2D eigenvalue weighted by Gasteiger charge is 2.14. The van der Waals surface area contributed by atoms with Gasteiger partial charge >= 0.3 is 0 Å². The third-order valence-corrected chi connectivity index (χ3v) is 3.05. The Morgan fingerprint density at radius 1 is 1.17 bits per heavy atom. The van der Waals surface area contributed by atoms with Gasteiger partial charge in [-0.25, -0.2) is 9.37 Å². The lowest BCUT2D eigenvalue weighted by atomic mass is 10.2. The molecule has 90 valence electrons. The first kappa shape index (κ1) is 11.4. The molecule has 0 aliphatic carbocycles. The number of nitrogens with zero attached hydrogens (tertiary/aromatic N) is 4. The number of hydrogen-bond acceptors (Lipinski definition) is 3. The Balaban J connectivity index is 2.29. The maximum absolute atomic E-state index is 13.4. The van der Waals surface area contributed by atoms with Gasteiger partial charge in [0.15, 0.2) is 11.5 Å². The Bertz CT molecular complexity index is 741. The van der Waals surface area contributed by atoms with Gasteiger partial charge in [-0.1, -0.05) is 29.3 Å². The summed E-state index contributed by atoms with van der Waals surface area (Å²) in [5.74, 6) is -0.0912. The number of rotatable bonds is 1. The highest BCUT2D eigenvalue weighted by Crippen LogP contribution is 2.28. The van der Waals surface area contributed by atoms with Crippen LogP contribution in [0.3, 0.4) is 0 Å². The molecule has 0 amide bonds. The van der Waals surface area contributed by atoms with Gasteiger partial charge in [-0.05, 0) is 12.1 Å². The predicted molar refractivity (Wildman–Crippen MR) is 66.2 cm³/mol. The van der Waals surface area contributed by atoms with Gasteiger partial charge in [0.05, 0.1) is 5.02 Å². The summed E-state index contributed by atoms with van der Waals surface area (Å²) in [6.07, 6.45) is 1.47. The van der Waals surface area contributed by atoms with E-state index in [1.807, 2.05) is 0 Å². The SMILES string of the molecule is Fc1cccc(-c2nnc3cc(Cl)ncn23)c1Cl. The molecular weight excluding hydrogens is 278 g/mol. The van der Waals surface area contributed by atoms with E-state index in [1.54, 1.807) is 22.6 Å². The van der Waals surface area contributed by atoms with E-state index in [-0.39, 0.29) is 5.02 Å². The quantitative estimate of drug-likeness (QED) is 0.644. The van der Waals surface area contributed by atoms with Crippen LogP contribution in [0, 0.1) is 5.82 Å². The van der Waals surface area contributed by atoms with Crippen molar-refractivity contribution in [3.05, 3.63) is 46.6 Å². The van der Waals surface area contributed by atoms with Gasteiger partial charge in [0, 0.05) is 11.6 Å². The summed E-state index contributed by atoms with van der Waals surface area (Å²) < 4.78 is 15.0. The van der Waals surface area contributed by atoms with Crippen LogP contribution in [-0.4, -0.2) is 19.6 Å². The summed E-state index contributed by atoms with van der Waals surface area (Å²) in [6.45, 7) is 0. The lowest BCUT2D eigenvalue weighted by Gasteiger charge is -2.02. The average molecular weight is 283 g/mol. The summed E-state index contributed by atoms with van der Waals surface area (Å²) >= 11 is 11.7. The van der Waals surface area contributed by atoms with Crippen LogP contribution in [0.5, 0.6) is 0 Å². The highest BCUT2D eigenvalue weighted by atomic mass is 35.5. The second-order valence-corrected chi connectivity index (χ2v) is 4.33. The van der Waals surface area contributed by atoms with E-state index >= 15 is 0 Å². The molecule has 0 unspecified atom stereocenters. The van der Waals surface area contributed by atoms with Crippen molar-refractivity contribution in [1.82, 2.24) is 19.6 Å². The monoisotopic (exact) mass is 282 g/mol. The third kappa shape index (κ3) is 1.72. The molecule has 1 aromatic carbocycles. The zero-order chi connectivity index (χ0) is 12.7. The molecule has 0 bridgehead atoms. The van der Waals surface area contributed by atoms with Crippen LogP contribution in [0.4, 0.5) is 4.39 Å². The number of benzene rings is 1. The molecule has 0 saturated heterocycles. The molecule has 0 spiro atoms. The van der Waals surface area contributed by atoms with Crippen molar-refractivity contribution in [2.24, 2.45) is 0 Å². The fourth-order valence-electron chi connectivity index (χ4n) is 1.63. The van der Waals surface area contributed by atoms with Crippen molar-refractivity contribution in [1.29, 1.82) is 0 Å². The van der Waals surface area contributed by atoms with Gasteiger partial charge in [-0.2, -0.15) is 0 Å². The fourth-order valence-corrected chi connectivity index (χ4v) is 1.98. The second kappa shape index (κ2) is 4.19. The van der Waals surface area contributed by atoms with Crippen LogP contribution in [0.2, 0.25) is 10.2 Å². The second-order valence-electron chi connectivity index (χ2n) is 3.56. The minimum Gasteiger partial charge on any atom is -0.265 e. The van der Waals surface area contributed by atoms with E-state index < -0.39 is 5.82 Å². The van der Waals surface area contributed by atoms with E-state index in [1.165, 1.54) is 12.4 Å². The Kier molecular flexibility index (Phi) is 2.65. The summed E-state index contributed by atoms with van der Waals surface area (Å²) in [7, 11) is 0. The Labute approximate surface area is 111 Å². The molecule has 2 heterocycles. The first-order chi connectivity index (χ1) is 8.66. The number of aromatic nitrogens is 4. The standard InChI is InChI=1S/C11H5Cl2FN4/c12-8-4-9-16-17-11(18(9)5-15-8)6-2-1-3-7(14)10(6)13/h1-5H. The van der Waals surface area contributed by atoms with Gasteiger partial charge in [-0.3, -0.25) is 4.40 Å². The van der Waals surface area contributed by atoms with Crippen molar-refractivity contribution in [2.75, 3.05) is 0 Å². The molecule has 18 heavy (non-hydrogen) atoms. The molecule has 0 atom stereocenters. The molecule has 0 aliphatic rings. The largest absolute Gasteiger partial charge is 0.265 e. The first-order valence-corrected chi connectivity index (χ1v) is 5.73. The zero-order valence-electron chi connectivity index (χ0n) is 8.81. The smallest absolute Gasteiger partial charge is 0.171 e. The van der Waals surface area contributed by atoms with Crippen LogP contribution in [0.25, 0.3) is 17.0 Å². The lowest BCUT2D eigenvalue weighted by Crippen LogP contribution is -1.92. The van der Waals surface area contributed by atoms with Crippen LogP contribution in [-0.2, 0) is 0 Å². The molecule has 0 radical (unpaired) electrons. The maximum atomic E-state index is 13.4. The molecule has 0 N–H and O–H groups in total. The average Bonchev–Trinajstić information content (AvgIpc) is 2.75. The minimum absolute atomic E-state index is 0.00162.